The lowest BCUT2D eigenvalue weighted by Crippen LogP contribution is -2.28. The maximum absolute atomic E-state index is 11.0. The molecule has 0 bridgehead atoms. The minimum absolute atomic E-state index is 0.0208. The first-order valence-corrected chi connectivity index (χ1v) is 4.38. The largest absolute Gasteiger partial charge is 0.462 e. The van der Waals surface area contributed by atoms with Crippen LogP contribution < -0.4 is 0 Å². The van der Waals surface area contributed by atoms with Gasteiger partial charge in [0.25, 0.3) is 0 Å². The molecule has 0 saturated heterocycles. The van der Waals surface area contributed by atoms with Crippen LogP contribution in [0, 0.1) is 5.41 Å². The molecule has 0 saturated carbocycles. The number of hydrogen-bond donors (Lipinski definition) is 1. The summed E-state index contributed by atoms with van der Waals surface area (Å²) in [6.07, 6.45) is 0.771. The lowest BCUT2D eigenvalue weighted by molar-refractivity contribution is -0.143. The molecule has 0 rings (SSSR count). The highest BCUT2D eigenvalue weighted by Crippen LogP contribution is 2.20. The van der Waals surface area contributed by atoms with Crippen molar-refractivity contribution in [2.75, 3.05) is 13.2 Å². The molecule has 1 unspecified atom stereocenters. The Bertz CT molecular complexity index is 192. The van der Waals surface area contributed by atoms with Crippen molar-refractivity contribution in [2.24, 2.45) is 5.41 Å². The van der Waals surface area contributed by atoms with E-state index in [1.807, 2.05) is 13.8 Å². The molecule has 3 nitrogen and oxygen atoms in total. The molecule has 76 valence electrons. The van der Waals surface area contributed by atoms with E-state index in [2.05, 4.69) is 6.58 Å². The molecule has 3 heteroatoms. The Morgan fingerprint density at radius 1 is 1.62 bits per heavy atom. The van der Waals surface area contributed by atoms with E-state index in [4.69, 9.17) is 9.84 Å². The molecule has 0 radical (unpaired) electrons. The van der Waals surface area contributed by atoms with Crippen molar-refractivity contribution in [2.45, 2.75) is 27.2 Å². The van der Waals surface area contributed by atoms with Crippen molar-refractivity contribution in [3.8, 4) is 0 Å². The van der Waals surface area contributed by atoms with E-state index in [0.29, 0.717) is 5.57 Å². The second-order valence-electron chi connectivity index (χ2n) is 3.68. The summed E-state index contributed by atoms with van der Waals surface area (Å²) in [5.41, 5.74) is 0.0573. The van der Waals surface area contributed by atoms with Gasteiger partial charge in [-0.1, -0.05) is 20.4 Å². The van der Waals surface area contributed by atoms with Crippen molar-refractivity contribution in [1.82, 2.24) is 0 Å². The predicted octanol–water partition coefficient (Wildman–Crippen LogP) is 1.51. The predicted molar refractivity (Wildman–Crippen MR) is 51.3 cm³/mol. The molecule has 0 aromatic heterocycles. The van der Waals surface area contributed by atoms with E-state index >= 15 is 0 Å². The van der Waals surface area contributed by atoms with E-state index in [-0.39, 0.29) is 18.6 Å². The Labute approximate surface area is 79.4 Å². The molecular formula is C10H18O3. The lowest BCUT2D eigenvalue weighted by Gasteiger charge is -2.24. The van der Waals surface area contributed by atoms with Gasteiger partial charge in [0, 0.05) is 11.0 Å². The number of rotatable bonds is 5. The number of ether oxygens (including phenoxy) is 1. The maximum atomic E-state index is 11.0. The highest BCUT2D eigenvalue weighted by atomic mass is 16.5. The van der Waals surface area contributed by atoms with Gasteiger partial charge < -0.3 is 9.84 Å². The van der Waals surface area contributed by atoms with Crippen LogP contribution in [-0.2, 0) is 9.53 Å². The van der Waals surface area contributed by atoms with Crippen LogP contribution in [-0.4, -0.2) is 24.3 Å². The summed E-state index contributed by atoms with van der Waals surface area (Å²) in [5.74, 6) is -0.395. The highest BCUT2D eigenvalue weighted by molar-refractivity contribution is 5.86. The Balaban J connectivity index is 4.00. The molecule has 1 N–H and O–H groups in total. The van der Waals surface area contributed by atoms with E-state index < -0.39 is 5.97 Å². The van der Waals surface area contributed by atoms with Gasteiger partial charge in [-0.3, -0.25) is 0 Å². The summed E-state index contributed by atoms with van der Waals surface area (Å²) >= 11 is 0. The van der Waals surface area contributed by atoms with Gasteiger partial charge >= 0.3 is 5.97 Å². The van der Waals surface area contributed by atoms with Gasteiger partial charge in [-0.15, -0.1) is 0 Å². The monoisotopic (exact) mass is 186 g/mol. The molecule has 0 aromatic rings. The zero-order chi connectivity index (χ0) is 10.5. The third-order valence-corrected chi connectivity index (χ3v) is 2.14. The van der Waals surface area contributed by atoms with Crippen molar-refractivity contribution >= 4 is 5.97 Å². The fourth-order valence-corrected chi connectivity index (χ4v) is 0.622. The number of aliphatic hydroxyl groups is 1. The molecular weight excluding hydrogens is 168 g/mol. The normalized spacial score (nSPS) is 14.8. The lowest BCUT2D eigenvalue weighted by atomic mass is 9.90. The standard InChI is InChI=1S/C10H18O3/c1-5-10(4,6-11)7-13-9(12)8(2)3/h11H,2,5-7H2,1,3-4H3. The van der Waals surface area contributed by atoms with Gasteiger partial charge in [0.2, 0.25) is 0 Å². The Morgan fingerprint density at radius 2 is 2.15 bits per heavy atom. The summed E-state index contributed by atoms with van der Waals surface area (Å²) < 4.78 is 4.95. The minimum Gasteiger partial charge on any atom is -0.462 e. The van der Waals surface area contributed by atoms with Crippen molar-refractivity contribution in [3.05, 3.63) is 12.2 Å². The highest BCUT2D eigenvalue weighted by Gasteiger charge is 2.23. The Morgan fingerprint density at radius 3 is 2.46 bits per heavy atom. The van der Waals surface area contributed by atoms with Crippen LogP contribution in [0.2, 0.25) is 0 Å². The molecule has 13 heavy (non-hydrogen) atoms. The minimum atomic E-state index is -0.395. The first kappa shape index (κ1) is 12.2. The third-order valence-electron chi connectivity index (χ3n) is 2.14. The average Bonchev–Trinajstić information content (AvgIpc) is 2.13. The first-order valence-electron chi connectivity index (χ1n) is 4.38. The summed E-state index contributed by atoms with van der Waals surface area (Å²) in [6.45, 7) is 9.16. The van der Waals surface area contributed by atoms with Crippen molar-refractivity contribution in [3.63, 3.8) is 0 Å². The summed E-state index contributed by atoms with van der Waals surface area (Å²) in [4.78, 5) is 11.0. The molecule has 0 aliphatic carbocycles. The number of hydrogen-bond acceptors (Lipinski definition) is 3. The van der Waals surface area contributed by atoms with Crippen LogP contribution in [0.1, 0.15) is 27.2 Å². The second-order valence-corrected chi connectivity index (χ2v) is 3.68. The van der Waals surface area contributed by atoms with Crippen LogP contribution in [0.5, 0.6) is 0 Å². The molecule has 0 spiro atoms. The zero-order valence-corrected chi connectivity index (χ0v) is 8.59. The van der Waals surface area contributed by atoms with Gasteiger partial charge in [-0.05, 0) is 13.3 Å². The van der Waals surface area contributed by atoms with Crippen LogP contribution >= 0.6 is 0 Å². The van der Waals surface area contributed by atoms with Gasteiger partial charge in [-0.2, -0.15) is 0 Å². The fraction of sp³-hybridized carbons (Fsp3) is 0.700. The fourth-order valence-electron chi connectivity index (χ4n) is 0.622. The van der Waals surface area contributed by atoms with E-state index in [1.54, 1.807) is 6.92 Å². The Kier molecular flexibility index (Phi) is 4.70. The second kappa shape index (κ2) is 5.02. The summed E-state index contributed by atoms with van der Waals surface area (Å²) in [6, 6.07) is 0. The topological polar surface area (TPSA) is 46.5 Å². The van der Waals surface area contributed by atoms with E-state index in [0.717, 1.165) is 6.42 Å². The number of esters is 1. The first-order chi connectivity index (χ1) is 5.95. The SMILES string of the molecule is C=C(C)C(=O)OCC(C)(CC)CO. The molecule has 1 atom stereocenters. The molecule has 0 heterocycles. The Hall–Kier alpha value is -0.830. The van der Waals surface area contributed by atoms with Crippen molar-refractivity contribution in [1.29, 1.82) is 0 Å². The zero-order valence-electron chi connectivity index (χ0n) is 8.59. The average molecular weight is 186 g/mol. The van der Waals surface area contributed by atoms with Crippen LogP contribution in [0.3, 0.4) is 0 Å². The van der Waals surface area contributed by atoms with Gasteiger partial charge in [0.1, 0.15) is 0 Å². The number of carbonyl (C=O) groups excluding carboxylic acids is 1. The number of carbonyl (C=O) groups is 1. The van der Waals surface area contributed by atoms with E-state index in [9.17, 15) is 4.79 Å². The smallest absolute Gasteiger partial charge is 0.333 e. The molecule has 0 aliphatic heterocycles. The van der Waals surface area contributed by atoms with Crippen LogP contribution in [0.15, 0.2) is 12.2 Å². The summed E-state index contributed by atoms with van der Waals surface area (Å²) in [7, 11) is 0. The van der Waals surface area contributed by atoms with Gasteiger partial charge in [0.15, 0.2) is 0 Å². The van der Waals surface area contributed by atoms with Crippen molar-refractivity contribution < 1.29 is 14.6 Å². The van der Waals surface area contributed by atoms with Gasteiger partial charge in [-0.25, -0.2) is 4.79 Å². The molecule has 0 fully saturated rings. The summed E-state index contributed by atoms with van der Waals surface area (Å²) in [5, 5.41) is 9.02. The van der Waals surface area contributed by atoms with Crippen LogP contribution in [0.4, 0.5) is 0 Å². The van der Waals surface area contributed by atoms with E-state index in [1.165, 1.54) is 0 Å². The maximum Gasteiger partial charge on any atom is 0.333 e. The van der Waals surface area contributed by atoms with Crippen LogP contribution in [0.25, 0.3) is 0 Å². The molecule has 0 amide bonds. The molecule has 0 aliphatic rings. The number of aliphatic hydroxyl groups excluding tert-OH is 1. The molecule has 0 aromatic carbocycles. The third kappa shape index (κ3) is 4.08. The quantitative estimate of drug-likeness (QED) is 0.523. The van der Waals surface area contributed by atoms with Gasteiger partial charge in [0.05, 0.1) is 13.2 Å².